The van der Waals surface area contributed by atoms with Crippen LogP contribution < -0.4 is 5.84 Å². The molecule has 3 rings (SSSR count). The Bertz CT molecular complexity index is 741. The Labute approximate surface area is 131 Å². The summed E-state index contributed by atoms with van der Waals surface area (Å²) >= 11 is 7.70. The maximum Gasteiger partial charge on any atom is 0.218 e. The summed E-state index contributed by atoms with van der Waals surface area (Å²) in [5.41, 5.74) is 1.03. The Hall–Kier alpha value is -1.92. The highest BCUT2D eigenvalue weighted by atomic mass is 35.5. The number of halogens is 1. The van der Waals surface area contributed by atoms with Gasteiger partial charge in [0.2, 0.25) is 11.0 Å². The molecule has 0 aliphatic carbocycles. The standard InChI is InChI=1S/C14H13ClN4OS/c1-9(10-5-2-3-6-11(10)15)21-14-18-17-13(19(14)16)12-7-4-8-20-12/h2-9H,16H2,1H3. The number of thioether (sulfide) groups is 1. The lowest BCUT2D eigenvalue weighted by molar-refractivity contribution is 0.574. The molecule has 2 aromatic heterocycles. The van der Waals surface area contributed by atoms with Crippen LogP contribution in [0.2, 0.25) is 5.02 Å². The van der Waals surface area contributed by atoms with Crippen molar-refractivity contribution in [1.82, 2.24) is 14.9 Å². The van der Waals surface area contributed by atoms with E-state index < -0.39 is 0 Å². The van der Waals surface area contributed by atoms with Gasteiger partial charge in [0.15, 0.2) is 5.76 Å². The van der Waals surface area contributed by atoms with E-state index in [2.05, 4.69) is 10.2 Å². The second kappa shape index (κ2) is 5.83. The summed E-state index contributed by atoms with van der Waals surface area (Å²) in [7, 11) is 0. The molecule has 1 unspecified atom stereocenters. The first-order valence-corrected chi connectivity index (χ1v) is 7.58. The molecule has 0 saturated heterocycles. The van der Waals surface area contributed by atoms with Crippen LogP contribution in [-0.2, 0) is 0 Å². The fourth-order valence-corrected chi connectivity index (χ4v) is 3.26. The lowest BCUT2D eigenvalue weighted by atomic mass is 10.2. The van der Waals surface area contributed by atoms with Crippen molar-refractivity contribution in [2.24, 2.45) is 0 Å². The van der Waals surface area contributed by atoms with Gasteiger partial charge in [0, 0.05) is 10.3 Å². The molecule has 0 bridgehead atoms. The molecule has 2 heterocycles. The van der Waals surface area contributed by atoms with Crippen molar-refractivity contribution in [2.45, 2.75) is 17.3 Å². The molecule has 0 aliphatic heterocycles. The van der Waals surface area contributed by atoms with Crippen LogP contribution in [0.5, 0.6) is 0 Å². The van der Waals surface area contributed by atoms with E-state index in [1.54, 1.807) is 18.4 Å². The van der Waals surface area contributed by atoms with E-state index in [1.807, 2.05) is 31.2 Å². The van der Waals surface area contributed by atoms with E-state index in [4.69, 9.17) is 21.9 Å². The number of furan rings is 1. The van der Waals surface area contributed by atoms with E-state index in [0.29, 0.717) is 16.7 Å². The summed E-state index contributed by atoms with van der Waals surface area (Å²) in [6.07, 6.45) is 1.57. The van der Waals surface area contributed by atoms with E-state index in [9.17, 15) is 0 Å². The lowest BCUT2D eigenvalue weighted by Gasteiger charge is -2.12. The second-order valence-electron chi connectivity index (χ2n) is 4.44. The SMILES string of the molecule is CC(Sc1nnc(-c2ccco2)n1N)c1ccccc1Cl. The van der Waals surface area contributed by atoms with Crippen LogP contribution in [0.1, 0.15) is 17.7 Å². The number of hydrogen-bond donors (Lipinski definition) is 1. The average Bonchev–Trinajstić information content (AvgIpc) is 3.10. The molecule has 3 aromatic rings. The first kappa shape index (κ1) is 14.0. The molecular formula is C14H13ClN4OS. The quantitative estimate of drug-likeness (QED) is 0.585. The summed E-state index contributed by atoms with van der Waals surface area (Å²) in [5, 5.41) is 9.62. The molecule has 1 atom stereocenters. The number of benzene rings is 1. The molecule has 0 radical (unpaired) electrons. The van der Waals surface area contributed by atoms with Crippen LogP contribution in [-0.4, -0.2) is 14.9 Å². The first-order valence-electron chi connectivity index (χ1n) is 6.32. The Morgan fingerprint density at radius 3 is 2.76 bits per heavy atom. The third-order valence-corrected chi connectivity index (χ3v) is 4.47. The third-order valence-electron chi connectivity index (χ3n) is 3.03. The second-order valence-corrected chi connectivity index (χ2v) is 6.15. The maximum absolute atomic E-state index is 6.21. The number of nitrogen functional groups attached to an aromatic ring is 1. The topological polar surface area (TPSA) is 69.9 Å². The van der Waals surface area contributed by atoms with E-state index in [0.717, 1.165) is 10.6 Å². The zero-order valence-corrected chi connectivity index (χ0v) is 12.8. The van der Waals surface area contributed by atoms with Gasteiger partial charge >= 0.3 is 0 Å². The number of hydrogen-bond acceptors (Lipinski definition) is 5. The number of aromatic nitrogens is 3. The van der Waals surface area contributed by atoms with Crippen LogP contribution >= 0.6 is 23.4 Å². The van der Waals surface area contributed by atoms with Crippen molar-refractivity contribution >= 4 is 23.4 Å². The van der Waals surface area contributed by atoms with E-state index >= 15 is 0 Å². The van der Waals surface area contributed by atoms with E-state index in [-0.39, 0.29) is 5.25 Å². The Balaban J connectivity index is 1.85. The van der Waals surface area contributed by atoms with Gasteiger partial charge < -0.3 is 10.3 Å². The molecule has 0 saturated carbocycles. The Kier molecular flexibility index (Phi) is 3.90. The van der Waals surface area contributed by atoms with Crippen molar-refractivity contribution in [1.29, 1.82) is 0 Å². The molecule has 108 valence electrons. The molecule has 0 spiro atoms. The van der Waals surface area contributed by atoms with Gasteiger partial charge in [-0.15, -0.1) is 10.2 Å². The van der Waals surface area contributed by atoms with Gasteiger partial charge in [-0.05, 0) is 30.7 Å². The van der Waals surface area contributed by atoms with Crippen molar-refractivity contribution in [2.75, 3.05) is 5.84 Å². The van der Waals surface area contributed by atoms with Crippen LogP contribution in [0.3, 0.4) is 0 Å². The molecule has 21 heavy (non-hydrogen) atoms. The number of nitrogens with two attached hydrogens (primary N) is 1. The summed E-state index contributed by atoms with van der Waals surface area (Å²) in [5.74, 6) is 7.12. The highest BCUT2D eigenvalue weighted by molar-refractivity contribution is 7.99. The zero-order chi connectivity index (χ0) is 14.8. The molecule has 0 fully saturated rings. The Morgan fingerprint density at radius 2 is 2.05 bits per heavy atom. The van der Waals surface area contributed by atoms with Gasteiger partial charge in [0.05, 0.1) is 6.26 Å². The molecule has 1 aromatic carbocycles. The summed E-state index contributed by atoms with van der Waals surface area (Å²) < 4.78 is 6.72. The van der Waals surface area contributed by atoms with Crippen molar-refractivity contribution in [3.8, 4) is 11.6 Å². The highest BCUT2D eigenvalue weighted by Gasteiger charge is 2.18. The van der Waals surface area contributed by atoms with Gasteiger partial charge in [-0.1, -0.05) is 41.6 Å². The monoisotopic (exact) mass is 320 g/mol. The minimum Gasteiger partial charge on any atom is -0.461 e. The maximum atomic E-state index is 6.21. The molecule has 7 heteroatoms. The lowest BCUT2D eigenvalue weighted by Crippen LogP contribution is -2.11. The predicted molar refractivity (Wildman–Crippen MR) is 83.6 cm³/mol. The largest absolute Gasteiger partial charge is 0.461 e. The van der Waals surface area contributed by atoms with Crippen LogP contribution in [0.4, 0.5) is 0 Å². The minimum atomic E-state index is 0.106. The van der Waals surface area contributed by atoms with Crippen molar-refractivity contribution in [3.63, 3.8) is 0 Å². The first-order chi connectivity index (χ1) is 10.2. The van der Waals surface area contributed by atoms with Crippen LogP contribution in [0, 0.1) is 0 Å². The molecule has 5 nitrogen and oxygen atoms in total. The van der Waals surface area contributed by atoms with Gasteiger partial charge in [-0.2, -0.15) is 0 Å². The summed E-state index contributed by atoms with van der Waals surface area (Å²) in [6.45, 7) is 2.05. The normalized spacial score (nSPS) is 12.5. The van der Waals surface area contributed by atoms with Gasteiger partial charge in [-0.3, -0.25) is 0 Å². The van der Waals surface area contributed by atoms with Crippen molar-refractivity contribution < 1.29 is 4.42 Å². The summed E-state index contributed by atoms with van der Waals surface area (Å²) in [6, 6.07) is 11.3. The number of rotatable bonds is 4. The molecule has 0 aliphatic rings. The predicted octanol–water partition coefficient (Wildman–Crippen LogP) is 3.76. The average molecular weight is 321 g/mol. The molecular weight excluding hydrogens is 308 g/mol. The van der Waals surface area contributed by atoms with Crippen LogP contribution in [0.15, 0.2) is 52.2 Å². The zero-order valence-electron chi connectivity index (χ0n) is 11.2. The van der Waals surface area contributed by atoms with Crippen molar-refractivity contribution in [3.05, 3.63) is 53.2 Å². The smallest absolute Gasteiger partial charge is 0.218 e. The number of nitrogens with zero attached hydrogens (tertiary/aromatic N) is 3. The van der Waals surface area contributed by atoms with Gasteiger partial charge in [-0.25, -0.2) is 4.68 Å². The highest BCUT2D eigenvalue weighted by Crippen LogP contribution is 2.37. The fraction of sp³-hybridized carbons (Fsp3) is 0.143. The summed E-state index contributed by atoms with van der Waals surface area (Å²) in [4.78, 5) is 0. The third kappa shape index (κ3) is 2.77. The van der Waals surface area contributed by atoms with Crippen LogP contribution in [0.25, 0.3) is 11.6 Å². The molecule has 2 N–H and O–H groups in total. The minimum absolute atomic E-state index is 0.106. The fourth-order valence-electron chi connectivity index (χ4n) is 1.96. The van der Waals surface area contributed by atoms with Gasteiger partial charge in [0.1, 0.15) is 0 Å². The molecule has 0 amide bonds. The Morgan fingerprint density at radius 1 is 1.24 bits per heavy atom. The van der Waals surface area contributed by atoms with Gasteiger partial charge in [0.25, 0.3) is 0 Å². The van der Waals surface area contributed by atoms with E-state index in [1.165, 1.54) is 16.4 Å².